The molecule has 2 rings (SSSR count). The molecule has 0 aliphatic rings. The highest BCUT2D eigenvalue weighted by atomic mass is 28.3. The van der Waals surface area contributed by atoms with Crippen molar-refractivity contribution in [2.75, 3.05) is 13.2 Å². The van der Waals surface area contributed by atoms with Crippen LogP contribution in [0.15, 0.2) is 60.7 Å². The lowest BCUT2D eigenvalue weighted by atomic mass is 10.4. The number of rotatable bonds is 7. The fourth-order valence-corrected chi connectivity index (χ4v) is 4.90. The van der Waals surface area contributed by atoms with Gasteiger partial charge in [0.1, 0.15) is 0 Å². The zero-order chi connectivity index (χ0) is 14.2. The van der Waals surface area contributed by atoms with Crippen LogP contribution in [-0.4, -0.2) is 31.3 Å². The lowest BCUT2D eigenvalue weighted by Crippen LogP contribution is -2.34. The Balaban J connectivity index is 1.69. The highest BCUT2D eigenvalue weighted by Crippen LogP contribution is 1.93. The van der Waals surface area contributed by atoms with Crippen LogP contribution in [0.5, 0.6) is 0 Å². The summed E-state index contributed by atoms with van der Waals surface area (Å²) in [6.45, 7) is 5.83. The van der Waals surface area contributed by atoms with Crippen LogP contribution in [0.4, 0.5) is 0 Å². The van der Waals surface area contributed by atoms with Crippen LogP contribution >= 0.6 is 0 Å². The van der Waals surface area contributed by atoms with E-state index in [1.54, 1.807) is 0 Å². The minimum Gasteiger partial charge on any atom is -0.413 e. The Hall–Kier alpha value is -1.21. The molecule has 2 aromatic rings. The predicted molar refractivity (Wildman–Crippen MR) is 90.1 cm³/mol. The first kappa shape index (κ1) is 15.2. The van der Waals surface area contributed by atoms with E-state index < -0.39 is 18.1 Å². The van der Waals surface area contributed by atoms with Crippen LogP contribution < -0.4 is 10.4 Å². The van der Waals surface area contributed by atoms with Gasteiger partial charge in [0.2, 0.25) is 18.1 Å². The van der Waals surface area contributed by atoms with Crippen molar-refractivity contribution in [2.24, 2.45) is 0 Å². The van der Waals surface area contributed by atoms with Crippen molar-refractivity contribution in [1.29, 1.82) is 0 Å². The topological polar surface area (TPSA) is 18.5 Å². The SMILES string of the molecule is C[SiH](OCCO[SiH](C)c1ccccc1)c1ccccc1. The standard InChI is InChI=1S/C16H22O2Si2/c1-19(15-9-5-3-6-10-15)17-13-14-18-20(2)16-11-7-4-8-12-16/h3-12,19-20H,13-14H2,1-2H3. The third kappa shape index (κ3) is 4.72. The molecule has 0 amide bonds. The molecule has 0 aliphatic heterocycles. The van der Waals surface area contributed by atoms with E-state index >= 15 is 0 Å². The lowest BCUT2D eigenvalue weighted by molar-refractivity contribution is 0.224. The molecule has 2 nitrogen and oxygen atoms in total. The molecule has 0 spiro atoms. The highest BCUT2D eigenvalue weighted by Gasteiger charge is 2.09. The Morgan fingerprint density at radius 1 is 0.650 bits per heavy atom. The van der Waals surface area contributed by atoms with Gasteiger partial charge in [-0.2, -0.15) is 0 Å². The van der Waals surface area contributed by atoms with Crippen molar-refractivity contribution in [2.45, 2.75) is 13.1 Å². The molecule has 0 bridgehead atoms. The van der Waals surface area contributed by atoms with Crippen LogP contribution in [0, 0.1) is 0 Å². The van der Waals surface area contributed by atoms with Crippen molar-refractivity contribution in [3.63, 3.8) is 0 Å². The number of hydrogen-bond donors (Lipinski definition) is 0. The molecule has 106 valence electrons. The molecule has 2 atom stereocenters. The summed E-state index contributed by atoms with van der Waals surface area (Å²) >= 11 is 0. The van der Waals surface area contributed by atoms with E-state index in [-0.39, 0.29) is 0 Å². The van der Waals surface area contributed by atoms with Gasteiger partial charge in [-0.1, -0.05) is 60.7 Å². The predicted octanol–water partition coefficient (Wildman–Crippen LogP) is 1.54. The van der Waals surface area contributed by atoms with Crippen molar-refractivity contribution in [1.82, 2.24) is 0 Å². The fourth-order valence-electron chi connectivity index (χ4n) is 2.09. The summed E-state index contributed by atoms with van der Waals surface area (Å²) in [5.41, 5.74) is 0. The maximum absolute atomic E-state index is 5.95. The molecular weight excluding hydrogens is 280 g/mol. The first-order chi connectivity index (χ1) is 9.77. The average Bonchev–Trinajstić information content (AvgIpc) is 2.53. The quantitative estimate of drug-likeness (QED) is 0.571. The van der Waals surface area contributed by atoms with Gasteiger partial charge in [0.15, 0.2) is 0 Å². The molecule has 4 heteroatoms. The van der Waals surface area contributed by atoms with E-state index in [0.717, 1.165) is 0 Å². The van der Waals surface area contributed by atoms with Gasteiger partial charge in [-0.3, -0.25) is 0 Å². The first-order valence-corrected chi connectivity index (χ1v) is 11.5. The molecule has 2 aromatic carbocycles. The largest absolute Gasteiger partial charge is 0.413 e. The summed E-state index contributed by atoms with van der Waals surface area (Å²) in [4.78, 5) is 0. The van der Waals surface area contributed by atoms with E-state index in [2.05, 4.69) is 61.6 Å². The van der Waals surface area contributed by atoms with Crippen molar-refractivity contribution >= 4 is 28.5 Å². The molecule has 0 radical (unpaired) electrons. The first-order valence-electron chi connectivity index (χ1n) is 7.10. The number of benzene rings is 2. The van der Waals surface area contributed by atoms with Gasteiger partial charge in [-0.15, -0.1) is 0 Å². The summed E-state index contributed by atoms with van der Waals surface area (Å²) in [6, 6.07) is 21.0. The Bertz CT molecular complexity index is 443. The van der Waals surface area contributed by atoms with E-state index in [9.17, 15) is 0 Å². The Morgan fingerprint density at radius 3 is 1.35 bits per heavy atom. The summed E-state index contributed by atoms with van der Waals surface area (Å²) in [7, 11) is -2.52. The van der Waals surface area contributed by atoms with Crippen molar-refractivity contribution < 1.29 is 8.85 Å². The van der Waals surface area contributed by atoms with Gasteiger partial charge in [0.05, 0.1) is 13.2 Å². The molecule has 0 heterocycles. The summed E-state index contributed by atoms with van der Waals surface area (Å²) in [6.07, 6.45) is 0. The molecule has 20 heavy (non-hydrogen) atoms. The molecule has 0 N–H and O–H groups in total. The zero-order valence-electron chi connectivity index (χ0n) is 12.2. The molecule has 2 unspecified atom stereocenters. The Morgan fingerprint density at radius 2 is 1.00 bits per heavy atom. The van der Waals surface area contributed by atoms with Gasteiger partial charge in [-0.05, 0) is 23.5 Å². The molecule has 0 saturated heterocycles. The minimum absolute atomic E-state index is 0.701. The molecular formula is C16H22O2Si2. The fraction of sp³-hybridized carbons (Fsp3) is 0.250. The van der Waals surface area contributed by atoms with Gasteiger partial charge in [0, 0.05) is 0 Å². The smallest absolute Gasteiger partial charge is 0.205 e. The average molecular weight is 303 g/mol. The summed E-state index contributed by atoms with van der Waals surface area (Å²) < 4.78 is 11.9. The van der Waals surface area contributed by atoms with Crippen LogP contribution in [-0.2, 0) is 8.85 Å². The van der Waals surface area contributed by atoms with Crippen LogP contribution in [0.2, 0.25) is 13.1 Å². The zero-order valence-corrected chi connectivity index (χ0v) is 14.5. The summed E-state index contributed by atoms with van der Waals surface area (Å²) in [5, 5.41) is 2.70. The Labute approximate surface area is 124 Å². The molecule has 0 aliphatic carbocycles. The molecule has 0 saturated carbocycles. The third-order valence-electron chi connectivity index (χ3n) is 3.36. The maximum atomic E-state index is 5.95. The van der Waals surface area contributed by atoms with Crippen LogP contribution in [0.25, 0.3) is 0 Å². The van der Waals surface area contributed by atoms with E-state index in [4.69, 9.17) is 8.85 Å². The molecule has 0 aromatic heterocycles. The normalized spacial score (nSPS) is 13.9. The second-order valence-electron chi connectivity index (χ2n) is 4.85. The van der Waals surface area contributed by atoms with E-state index in [0.29, 0.717) is 13.2 Å². The van der Waals surface area contributed by atoms with Gasteiger partial charge in [-0.25, -0.2) is 0 Å². The van der Waals surface area contributed by atoms with Crippen LogP contribution in [0.1, 0.15) is 0 Å². The Kier molecular flexibility index (Phi) is 6.20. The summed E-state index contributed by atoms with van der Waals surface area (Å²) in [5.74, 6) is 0. The van der Waals surface area contributed by atoms with Crippen molar-refractivity contribution in [3.8, 4) is 0 Å². The number of hydrogen-bond acceptors (Lipinski definition) is 2. The lowest BCUT2D eigenvalue weighted by Gasteiger charge is -2.15. The van der Waals surface area contributed by atoms with Gasteiger partial charge in [0.25, 0.3) is 0 Å². The third-order valence-corrected chi connectivity index (χ3v) is 7.48. The highest BCUT2D eigenvalue weighted by molar-refractivity contribution is 6.66. The second kappa shape index (κ2) is 8.16. The maximum Gasteiger partial charge on any atom is 0.205 e. The van der Waals surface area contributed by atoms with E-state index in [1.807, 2.05) is 12.1 Å². The van der Waals surface area contributed by atoms with E-state index in [1.165, 1.54) is 10.4 Å². The van der Waals surface area contributed by atoms with Gasteiger partial charge < -0.3 is 8.85 Å². The van der Waals surface area contributed by atoms with Crippen molar-refractivity contribution in [3.05, 3.63) is 60.7 Å². The minimum atomic E-state index is -1.26. The second-order valence-corrected chi connectivity index (χ2v) is 9.42. The monoisotopic (exact) mass is 302 g/mol. The van der Waals surface area contributed by atoms with Gasteiger partial charge >= 0.3 is 0 Å². The van der Waals surface area contributed by atoms with Crippen LogP contribution in [0.3, 0.4) is 0 Å². The molecule has 0 fully saturated rings.